The molecule has 1 saturated heterocycles. The van der Waals surface area contributed by atoms with Crippen LogP contribution >= 0.6 is 0 Å². The third-order valence-corrected chi connectivity index (χ3v) is 3.62. The van der Waals surface area contributed by atoms with Gasteiger partial charge in [0.2, 0.25) is 0 Å². The third kappa shape index (κ3) is 2.41. The van der Waals surface area contributed by atoms with E-state index in [0.29, 0.717) is 6.04 Å². The monoisotopic (exact) mass is 246 g/mol. The molecule has 3 nitrogen and oxygen atoms in total. The van der Waals surface area contributed by atoms with Crippen molar-refractivity contribution in [2.24, 2.45) is 0 Å². The second-order valence-corrected chi connectivity index (χ2v) is 5.77. The van der Waals surface area contributed by atoms with Gasteiger partial charge in [0.25, 0.3) is 0 Å². The topological polar surface area (TPSA) is 32.3 Å². The maximum absolute atomic E-state index is 11.5. The summed E-state index contributed by atoms with van der Waals surface area (Å²) in [7, 11) is 0. The molecule has 1 aromatic carbocycles. The lowest BCUT2D eigenvalue weighted by molar-refractivity contribution is 0.101. The molecule has 1 aromatic rings. The van der Waals surface area contributed by atoms with Crippen LogP contribution in [0.15, 0.2) is 24.3 Å². The van der Waals surface area contributed by atoms with Gasteiger partial charge < -0.3 is 10.2 Å². The molecule has 1 N–H and O–H groups in total. The highest BCUT2D eigenvalue weighted by atomic mass is 16.1. The Labute approximate surface area is 109 Å². The molecule has 1 atom stereocenters. The summed E-state index contributed by atoms with van der Waals surface area (Å²) in [6.45, 7) is 10.2. The minimum atomic E-state index is 0.0626. The number of Topliss-reactive ketones (excluding diaryl/α,β-unsaturated/α-hetero) is 1. The van der Waals surface area contributed by atoms with Crippen molar-refractivity contribution in [2.75, 3.05) is 18.0 Å². The zero-order valence-corrected chi connectivity index (χ0v) is 11.7. The molecule has 0 aliphatic carbocycles. The Morgan fingerprint density at radius 1 is 1.44 bits per heavy atom. The number of hydrogen-bond donors (Lipinski definition) is 1. The first kappa shape index (κ1) is 13.1. The molecule has 1 aliphatic rings. The van der Waals surface area contributed by atoms with Gasteiger partial charge in [0.05, 0.1) is 0 Å². The maximum atomic E-state index is 11.5. The fourth-order valence-electron chi connectivity index (χ4n) is 2.84. The van der Waals surface area contributed by atoms with Crippen LogP contribution in [0.1, 0.15) is 38.1 Å². The lowest BCUT2D eigenvalue weighted by Crippen LogP contribution is -2.62. The van der Waals surface area contributed by atoms with Gasteiger partial charge in [-0.2, -0.15) is 0 Å². The number of benzene rings is 1. The van der Waals surface area contributed by atoms with Gasteiger partial charge >= 0.3 is 0 Å². The Balaban J connectivity index is 2.39. The van der Waals surface area contributed by atoms with Crippen molar-refractivity contribution in [2.45, 2.75) is 39.3 Å². The maximum Gasteiger partial charge on any atom is 0.159 e. The fourth-order valence-corrected chi connectivity index (χ4v) is 2.84. The van der Waals surface area contributed by atoms with Crippen molar-refractivity contribution >= 4 is 11.5 Å². The largest absolute Gasteiger partial charge is 0.361 e. The minimum Gasteiger partial charge on any atom is -0.361 e. The van der Waals surface area contributed by atoms with Crippen LogP contribution in [-0.2, 0) is 0 Å². The van der Waals surface area contributed by atoms with E-state index < -0.39 is 0 Å². The van der Waals surface area contributed by atoms with E-state index >= 15 is 0 Å². The SMILES string of the molecule is CC(=O)c1cccc(N2C(C)CNCC2(C)C)c1. The number of ketones is 1. The molecule has 18 heavy (non-hydrogen) atoms. The van der Waals surface area contributed by atoms with Crippen LogP contribution < -0.4 is 10.2 Å². The summed E-state index contributed by atoms with van der Waals surface area (Å²) in [5, 5.41) is 3.45. The fraction of sp³-hybridized carbons (Fsp3) is 0.533. The Hall–Kier alpha value is -1.35. The summed E-state index contributed by atoms with van der Waals surface area (Å²) < 4.78 is 0. The predicted molar refractivity (Wildman–Crippen MR) is 75.3 cm³/mol. The average Bonchev–Trinajstić information content (AvgIpc) is 2.28. The highest BCUT2D eigenvalue weighted by Gasteiger charge is 2.34. The lowest BCUT2D eigenvalue weighted by atomic mass is 9.95. The molecule has 1 fully saturated rings. The van der Waals surface area contributed by atoms with Crippen LogP contribution in [0.2, 0.25) is 0 Å². The summed E-state index contributed by atoms with van der Waals surface area (Å²) in [5.41, 5.74) is 1.99. The summed E-state index contributed by atoms with van der Waals surface area (Å²) in [6.07, 6.45) is 0. The molecule has 1 unspecified atom stereocenters. The second-order valence-electron chi connectivity index (χ2n) is 5.77. The van der Waals surface area contributed by atoms with Gasteiger partial charge in [-0.05, 0) is 39.8 Å². The van der Waals surface area contributed by atoms with Gasteiger partial charge in [-0.25, -0.2) is 0 Å². The van der Waals surface area contributed by atoms with Gasteiger partial charge in [0.15, 0.2) is 5.78 Å². The Morgan fingerprint density at radius 3 is 2.78 bits per heavy atom. The minimum absolute atomic E-state index is 0.0626. The Kier molecular flexibility index (Phi) is 3.44. The first-order chi connectivity index (χ1) is 8.42. The van der Waals surface area contributed by atoms with Crippen molar-refractivity contribution < 1.29 is 4.79 Å². The number of nitrogens with zero attached hydrogens (tertiary/aromatic N) is 1. The number of carbonyl (C=O) groups excluding carboxylic acids is 1. The molecule has 1 aliphatic heterocycles. The quantitative estimate of drug-likeness (QED) is 0.814. The average molecular weight is 246 g/mol. The Bertz CT molecular complexity index is 454. The zero-order chi connectivity index (χ0) is 13.3. The zero-order valence-electron chi connectivity index (χ0n) is 11.7. The van der Waals surface area contributed by atoms with Crippen LogP contribution in [0.4, 0.5) is 5.69 Å². The van der Waals surface area contributed by atoms with Crippen LogP contribution in [0.5, 0.6) is 0 Å². The number of piperazine rings is 1. The molecule has 3 heteroatoms. The van der Waals surface area contributed by atoms with E-state index in [0.717, 1.165) is 24.3 Å². The van der Waals surface area contributed by atoms with Crippen LogP contribution in [-0.4, -0.2) is 30.5 Å². The summed E-state index contributed by atoms with van der Waals surface area (Å²) in [5.74, 6) is 0.123. The first-order valence-electron chi connectivity index (χ1n) is 6.53. The van der Waals surface area contributed by atoms with Crippen LogP contribution in [0.3, 0.4) is 0 Å². The van der Waals surface area contributed by atoms with Gasteiger partial charge in [0.1, 0.15) is 0 Å². The van der Waals surface area contributed by atoms with Gasteiger partial charge in [-0.3, -0.25) is 4.79 Å². The highest BCUT2D eigenvalue weighted by Crippen LogP contribution is 2.29. The summed E-state index contributed by atoms with van der Waals surface area (Å²) >= 11 is 0. The van der Waals surface area contributed by atoms with Crippen molar-refractivity contribution in [1.29, 1.82) is 0 Å². The number of nitrogens with one attached hydrogen (secondary N) is 1. The van der Waals surface area contributed by atoms with E-state index in [-0.39, 0.29) is 11.3 Å². The van der Waals surface area contributed by atoms with E-state index in [1.807, 2.05) is 18.2 Å². The summed E-state index contributed by atoms with van der Waals surface area (Å²) in [6, 6.07) is 8.38. The smallest absolute Gasteiger partial charge is 0.159 e. The summed E-state index contributed by atoms with van der Waals surface area (Å²) in [4.78, 5) is 13.9. The number of carbonyl (C=O) groups is 1. The molecule has 1 heterocycles. The van der Waals surface area contributed by atoms with E-state index in [9.17, 15) is 4.79 Å². The predicted octanol–water partition coefficient (Wildman–Crippen LogP) is 2.47. The van der Waals surface area contributed by atoms with Crippen molar-refractivity contribution in [3.8, 4) is 0 Å². The second kappa shape index (κ2) is 4.73. The van der Waals surface area contributed by atoms with Gasteiger partial charge in [-0.1, -0.05) is 12.1 Å². The van der Waals surface area contributed by atoms with Crippen LogP contribution in [0.25, 0.3) is 0 Å². The molecule has 0 aromatic heterocycles. The van der Waals surface area contributed by atoms with E-state index in [2.05, 4.69) is 37.1 Å². The standard InChI is InChI=1S/C15H22N2O/c1-11-9-16-10-15(3,4)17(11)14-7-5-6-13(8-14)12(2)18/h5-8,11,16H,9-10H2,1-4H3. The van der Waals surface area contributed by atoms with Gasteiger partial charge in [-0.15, -0.1) is 0 Å². The van der Waals surface area contributed by atoms with Crippen molar-refractivity contribution in [3.05, 3.63) is 29.8 Å². The van der Waals surface area contributed by atoms with E-state index in [4.69, 9.17) is 0 Å². The molecular weight excluding hydrogens is 224 g/mol. The van der Waals surface area contributed by atoms with E-state index in [1.165, 1.54) is 0 Å². The van der Waals surface area contributed by atoms with Crippen molar-refractivity contribution in [3.63, 3.8) is 0 Å². The molecule has 0 radical (unpaired) electrons. The number of rotatable bonds is 2. The molecule has 0 spiro atoms. The lowest BCUT2D eigenvalue weighted by Gasteiger charge is -2.48. The van der Waals surface area contributed by atoms with E-state index in [1.54, 1.807) is 6.92 Å². The number of hydrogen-bond acceptors (Lipinski definition) is 3. The molecule has 98 valence electrons. The number of anilines is 1. The molecular formula is C15H22N2O. The Morgan fingerprint density at radius 2 is 2.17 bits per heavy atom. The van der Waals surface area contributed by atoms with Crippen LogP contribution in [0, 0.1) is 0 Å². The third-order valence-electron chi connectivity index (χ3n) is 3.62. The first-order valence-corrected chi connectivity index (χ1v) is 6.53. The molecule has 0 bridgehead atoms. The van der Waals surface area contributed by atoms with Crippen molar-refractivity contribution in [1.82, 2.24) is 5.32 Å². The molecule has 0 saturated carbocycles. The molecule has 0 amide bonds. The highest BCUT2D eigenvalue weighted by molar-refractivity contribution is 5.95. The van der Waals surface area contributed by atoms with Gasteiger partial charge in [0, 0.05) is 35.9 Å². The normalized spacial score (nSPS) is 22.9. The molecule has 2 rings (SSSR count).